The lowest BCUT2D eigenvalue weighted by Crippen LogP contribution is -2.15. The standard InChI is InChI=1S/C53H36N2OS/c1-53(2)47-31-36(22-21-35-23-26-39(27-24-35)54(37-13-5-3-6-14-37)38-15-7-4-8-16-38)25-29-41(47)45-34-50-46(33-48(45)53)42-17-9-11-19-49(42)55(50)40-28-30-44-43-18-10-12-20-51(43)57(56)52(44)32-40/h3-20,23-34H,1-2H3. The van der Waals surface area contributed by atoms with Gasteiger partial charge < -0.3 is 9.47 Å². The van der Waals surface area contributed by atoms with Gasteiger partial charge in [-0.25, -0.2) is 4.21 Å². The molecule has 0 N–H and O–H groups in total. The lowest BCUT2D eigenvalue weighted by Gasteiger charge is -2.25. The number of hydrogen-bond donors (Lipinski definition) is 0. The monoisotopic (exact) mass is 748 g/mol. The fourth-order valence-corrected chi connectivity index (χ4v) is 10.4. The number of nitrogens with zero attached hydrogens (tertiary/aromatic N) is 2. The molecule has 1 aliphatic carbocycles. The van der Waals surface area contributed by atoms with Gasteiger partial charge in [0, 0.05) is 50.1 Å². The highest BCUT2D eigenvalue weighted by Gasteiger charge is 2.37. The van der Waals surface area contributed by atoms with E-state index in [1.54, 1.807) is 0 Å². The van der Waals surface area contributed by atoms with Crippen molar-refractivity contribution in [2.24, 2.45) is 0 Å². The highest BCUT2D eigenvalue weighted by Crippen LogP contribution is 2.51. The molecule has 2 heterocycles. The van der Waals surface area contributed by atoms with E-state index in [4.69, 9.17) is 0 Å². The van der Waals surface area contributed by atoms with Gasteiger partial charge in [-0.2, -0.15) is 0 Å². The number of hydrogen-bond acceptors (Lipinski definition) is 2. The molecule has 4 heteroatoms. The first-order valence-corrected chi connectivity index (χ1v) is 20.5. The second-order valence-electron chi connectivity index (χ2n) is 15.4. The molecule has 1 unspecified atom stereocenters. The van der Waals surface area contributed by atoms with Gasteiger partial charge in [0.05, 0.1) is 31.6 Å². The molecule has 0 fully saturated rings. The van der Waals surface area contributed by atoms with E-state index in [0.29, 0.717) is 0 Å². The van der Waals surface area contributed by atoms with Crippen LogP contribution in [0.25, 0.3) is 49.7 Å². The molecule has 270 valence electrons. The van der Waals surface area contributed by atoms with Gasteiger partial charge in [-0.1, -0.05) is 111 Å². The van der Waals surface area contributed by atoms with E-state index < -0.39 is 10.8 Å². The second-order valence-corrected chi connectivity index (χ2v) is 16.8. The summed E-state index contributed by atoms with van der Waals surface area (Å²) in [7, 11) is -1.21. The summed E-state index contributed by atoms with van der Waals surface area (Å²) in [5.41, 5.74) is 15.6. The van der Waals surface area contributed by atoms with Crippen molar-refractivity contribution in [1.29, 1.82) is 0 Å². The van der Waals surface area contributed by atoms with Crippen molar-refractivity contribution < 1.29 is 4.21 Å². The molecule has 11 rings (SSSR count). The van der Waals surface area contributed by atoms with Gasteiger partial charge in [-0.15, -0.1) is 0 Å². The normalized spacial score (nSPS) is 14.4. The fraction of sp³-hybridized carbons (Fsp3) is 0.0566. The fourth-order valence-electron chi connectivity index (χ4n) is 8.99. The molecule has 1 atom stereocenters. The molecule has 9 aromatic rings. The molecule has 0 radical (unpaired) electrons. The molecular formula is C53H36N2OS. The van der Waals surface area contributed by atoms with Crippen LogP contribution in [0.3, 0.4) is 0 Å². The van der Waals surface area contributed by atoms with Crippen LogP contribution < -0.4 is 4.90 Å². The maximum absolute atomic E-state index is 13.7. The van der Waals surface area contributed by atoms with Crippen LogP contribution in [0, 0.1) is 11.8 Å². The van der Waals surface area contributed by atoms with Crippen LogP contribution in [0.1, 0.15) is 36.1 Å². The second kappa shape index (κ2) is 12.8. The number of rotatable bonds is 4. The summed E-state index contributed by atoms with van der Waals surface area (Å²) in [6, 6.07) is 64.0. The molecule has 8 aromatic carbocycles. The summed E-state index contributed by atoms with van der Waals surface area (Å²) in [6.07, 6.45) is 0. The Balaban J connectivity index is 0.960. The van der Waals surface area contributed by atoms with Crippen LogP contribution in [0.4, 0.5) is 17.1 Å². The Hall–Kier alpha value is -6.93. The lowest BCUT2D eigenvalue weighted by molar-refractivity contribution is 0.661. The first-order valence-electron chi connectivity index (χ1n) is 19.3. The molecule has 0 amide bonds. The summed E-state index contributed by atoms with van der Waals surface area (Å²) in [5, 5.41) is 2.43. The van der Waals surface area contributed by atoms with E-state index in [1.165, 1.54) is 33.0 Å². The molecular weight excluding hydrogens is 713 g/mol. The van der Waals surface area contributed by atoms with Crippen LogP contribution in [0.5, 0.6) is 0 Å². The number of para-hydroxylation sites is 3. The van der Waals surface area contributed by atoms with Gasteiger partial charge in [-0.3, -0.25) is 0 Å². The third-order valence-electron chi connectivity index (χ3n) is 11.8. The lowest BCUT2D eigenvalue weighted by atomic mass is 9.81. The molecule has 0 bridgehead atoms. The van der Waals surface area contributed by atoms with E-state index in [9.17, 15) is 4.21 Å². The SMILES string of the molecule is CC1(C)c2cc(C#Cc3ccc(N(c4ccccc4)c4ccccc4)cc3)ccc2-c2cc3c(cc21)c1ccccc1n3-c1ccc2c(c1)S(=O)c1ccccc1-2. The van der Waals surface area contributed by atoms with Crippen molar-refractivity contribution in [3.8, 4) is 39.8 Å². The topological polar surface area (TPSA) is 25.2 Å². The summed E-state index contributed by atoms with van der Waals surface area (Å²) in [6.45, 7) is 4.66. The first-order chi connectivity index (χ1) is 27.9. The van der Waals surface area contributed by atoms with Crippen LogP contribution >= 0.6 is 0 Å². The van der Waals surface area contributed by atoms with Gasteiger partial charge in [0.15, 0.2) is 0 Å². The summed E-state index contributed by atoms with van der Waals surface area (Å²) < 4.78 is 16.0. The van der Waals surface area contributed by atoms with Crippen LogP contribution in [-0.2, 0) is 16.2 Å². The Labute approximate surface area is 335 Å². The van der Waals surface area contributed by atoms with E-state index in [1.807, 2.05) is 30.3 Å². The van der Waals surface area contributed by atoms with Crippen molar-refractivity contribution in [2.45, 2.75) is 29.1 Å². The number of fused-ring (bicyclic) bond motifs is 9. The zero-order chi connectivity index (χ0) is 38.3. The van der Waals surface area contributed by atoms with Crippen molar-refractivity contribution in [1.82, 2.24) is 4.57 Å². The average molecular weight is 749 g/mol. The van der Waals surface area contributed by atoms with Crippen LogP contribution in [0.15, 0.2) is 192 Å². The van der Waals surface area contributed by atoms with E-state index in [2.05, 4.69) is 187 Å². The Bertz CT molecular complexity index is 3130. The quantitative estimate of drug-likeness (QED) is 0.167. The predicted molar refractivity (Wildman–Crippen MR) is 236 cm³/mol. The van der Waals surface area contributed by atoms with E-state index in [-0.39, 0.29) is 5.41 Å². The molecule has 0 spiro atoms. The molecule has 57 heavy (non-hydrogen) atoms. The van der Waals surface area contributed by atoms with Crippen molar-refractivity contribution in [3.05, 3.63) is 204 Å². The highest BCUT2D eigenvalue weighted by molar-refractivity contribution is 7.85. The number of aromatic nitrogens is 1. The van der Waals surface area contributed by atoms with Gasteiger partial charge in [0.25, 0.3) is 0 Å². The minimum Gasteiger partial charge on any atom is -0.311 e. The van der Waals surface area contributed by atoms with E-state index >= 15 is 0 Å². The summed E-state index contributed by atoms with van der Waals surface area (Å²) in [5.74, 6) is 6.94. The summed E-state index contributed by atoms with van der Waals surface area (Å²) in [4.78, 5) is 4.02. The average Bonchev–Trinajstić information content (AvgIpc) is 3.82. The molecule has 1 aromatic heterocycles. The smallest absolute Gasteiger partial charge is 0.0863 e. The number of benzene rings is 8. The zero-order valence-corrected chi connectivity index (χ0v) is 32.3. The third-order valence-corrected chi connectivity index (χ3v) is 13.3. The molecule has 1 aliphatic heterocycles. The van der Waals surface area contributed by atoms with Gasteiger partial charge >= 0.3 is 0 Å². The van der Waals surface area contributed by atoms with Gasteiger partial charge in [0.1, 0.15) is 0 Å². The molecule has 3 nitrogen and oxygen atoms in total. The Morgan fingerprint density at radius 1 is 0.474 bits per heavy atom. The minimum absolute atomic E-state index is 0.212. The van der Waals surface area contributed by atoms with Crippen molar-refractivity contribution >= 4 is 49.7 Å². The maximum Gasteiger partial charge on any atom is 0.0863 e. The first kappa shape index (κ1) is 33.4. The Kier molecular flexibility index (Phi) is 7.51. The minimum atomic E-state index is -1.21. The maximum atomic E-state index is 13.7. The Morgan fingerprint density at radius 2 is 1.07 bits per heavy atom. The predicted octanol–water partition coefficient (Wildman–Crippen LogP) is 13.1. The van der Waals surface area contributed by atoms with Crippen molar-refractivity contribution in [3.63, 3.8) is 0 Å². The highest BCUT2D eigenvalue weighted by atomic mass is 32.2. The zero-order valence-electron chi connectivity index (χ0n) is 31.5. The molecule has 0 saturated heterocycles. The largest absolute Gasteiger partial charge is 0.311 e. The molecule has 2 aliphatic rings. The van der Waals surface area contributed by atoms with Crippen LogP contribution in [-0.4, -0.2) is 8.78 Å². The Morgan fingerprint density at radius 3 is 1.84 bits per heavy atom. The van der Waals surface area contributed by atoms with Crippen LogP contribution in [0.2, 0.25) is 0 Å². The van der Waals surface area contributed by atoms with Crippen molar-refractivity contribution in [2.75, 3.05) is 4.90 Å². The third kappa shape index (κ3) is 5.24. The summed E-state index contributed by atoms with van der Waals surface area (Å²) >= 11 is 0. The van der Waals surface area contributed by atoms with E-state index in [0.717, 1.165) is 65.8 Å². The van der Waals surface area contributed by atoms with Gasteiger partial charge in [0.2, 0.25) is 0 Å². The molecule has 0 saturated carbocycles. The van der Waals surface area contributed by atoms with Gasteiger partial charge in [-0.05, 0) is 130 Å². The number of anilines is 3.